The van der Waals surface area contributed by atoms with E-state index in [1.54, 1.807) is 0 Å². The molecule has 1 heterocycles. The molecule has 0 unspecified atom stereocenters. The van der Waals surface area contributed by atoms with Crippen molar-refractivity contribution in [3.8, 4) is 0 Å². The third kappa shape index (κ3) is 3.25. The fraction of sp³-hybridized carbons (Fsp3) is 0.364. The van der Waals surface area contributed by atoms with Crippen molar-refractivity contribution < 1.29 is 9.90 Å². The molecule has 0 spiro atoms. The molecule has 1 fully saturated rings. The molecule has 1 saturated heterocycles. The summed E-state index contributed by atoms with van der Waals surface area (Å²) in [5.74, 6) is 0. The van der Waals surface area contributed by atoms with Crippen LogP contribution in [-0.4, -0.2) is 28.7 Å². The van der Waals surface area contributed by atoms with E-state index in [1.165, 1.54) is 4.90 Å². The van der Waals surface area contributed by atoms with Crippen molar-refractivity contribution in [3.63, 3.8) is 0 Å². The summed E-state index contributed by atoms with van der Waals surface area (Å²) in [4.78, 5) is 12.4. The van der Waals surface area contributed by atoms with Gasteiger partial charge in [-0.25, -0.2) is 4.79 Å². The first-order valence-electron chi connectivity index (χ1n) is 5.00. The zero-order valence-electron chi connectivity index (χ0n) is 9.15. The standard InChI is InChI=1S/C11H14N2O2.2ClH/c12-9-6-7-13(11(14)15)10(9)8-4-2-1-3-5-8;;/h1-5,9-10H,6-7,12H2,(H,14,15);2*1H/t9-,10-;;/m0../s1. The lowest BCUT2D eigenvalue weighted by Gasteiger charge is -2.24. The van der Waals surface area contributed by atoms with Gasteiger partial charge in [-0.3, -0.25) is 4.90 Å². The van der Waals surface area contributed by atoms with Crippen LogP contribution in [0.2, 0.25) is 0 Å². The molecular formula is C11H16Cl2N2O2. The number of halogens is 2. The highest BCUT2D eigenvalue weighted by molar-refractivity contribution is 5.85. The van der Waals surface area contributed by atoms with Crippen LogP contribution >= 0.6 is 24.8 Å². The molecule has 1 aliphatic heterocycles. The smallest absolute Gasteiger partial charge is 0.407 e. The molecular weight excluding hydrogens is 263 g/mol. The molecule has 2 rings (SSSR count). The van der Waals surface area contributed by atoms with E-state index in [9.17, 15) is 4.79 Å². The number of rotatable bonds is 1. The molecule has 0 saturated carbocycles. The van der Waals surface area contributed by atoms with Gasteiger partial charge >= 0.3 is 6.09 Å². The Balaban J connectivity index is 0.00000128. The third-order valence-electron chi connectivity index (χ3n) is 2.83. The fourth-order valence-electron chi connectivity index (χ4n) is 2.11. The van der Waals surface area contributed by atoms with Gasteiger partial charge in [0.25, 0.3) is 0 Å². The predicted octanol–water partition coefficient (Wildman–Crippen LogP) is 2.28. The quantitative estimate of drug-likeness (QED) is 0.828. The number of nitrogens with zero attached hydrogens (tertiary/aromatic N) is 1. The second kappa shape index (κ2) is 6.69. The van der Waals surface area contributed by atoms with E-state index in [1.807, 2.05) is 30.3 Å². The lowest BCUT2D eigenvalue weighted by molar-refractivity contribution is 0.138. The summed E-state index contributed by atoms with van der Waals surface area (Å²) in [6.45, 7) is 0.524. The lowest BCUT2D eigenvalue weighted by Crippen LogP contribution is -2.34. The molecule has 1 aromatic rings. The second-order valence-electron chi connectivity index (χ2n) is 3.78. The number of nitrogens with two attached hydrogens (primary N) is 1. The minimum atomic E-state index is -0.892. The summed E-state index contributed by atoms with van der Waals surface area (Å²) in [6, 6.07) is 9.28. The van der Waals surface area contributed by atoms with Crippen LogP contribution in [0.25, 0.3) is 0 Å². The van der Waals surface area contributed by atoms with Crippen LogP contribution in [0.5, 0.6) is 0 Å². The van der Waals surface area contributed by atoms with Crippen LogP contribution in [0.4, 0.5) is 4.79 Å². The van der Waals surface area contributed by atoms with E-state index in [-0.39, 0.29) is 36.9 Å². The van der Waals surface area contributed by atoms with Crippen molar-refractivity contribution in [2.24, 2.45) is 5.73 Å². The summed E-state index contributed by atoms with van der Waals surface area (Å²) in [5.41, 5.74) is 6.91. The number of carboxylic acid groups (broad SMARTS) is 1. The number of hydrogen-bond acceptors (Lipinski definition) is 2. The topological polar surface area (TPSA) is 66.6 Å². The van der Waals surface area contributed by atoms with Crippen LogP contribution in [0.3, 0.4) is 0 Å². The maximum absolute atomic E-state index is 11.0. The Morgan fingerprint density at radius 2 is 1.88 bits per heavy atom. The van der Waals surface area contributed by atoms with Crippen molar-refractivity contribution in [2.45, 2.75) is 18.5 Å². The van der Waals surface area contributed by atoms with Gasteiger partial charge in [0.05, 0.1) is 6.04 Å². The van der Waals surface area contributed by atoms with Crippen molar-refractivity contribution in [1.82, 2.24) is 4.90 Å². The van der Waals surface area contributed by atoms with Crippen LogP contribution in [0, 0.1) is 0 Å². The zero-order chi connectivity index (χ0) is 10.8. The van der Waals surface area contributed by atoms with Crippen molar-refractivity contribution in [1.29, 1.82) is 0 Å². The van der Waals surface area contributed by atoms with Gasteiger partial charge in [0.1, 0.15) is 0 Å². The summed E-state index contributed by atoms with van der Waals surface area (Å²) in [7, 11) is 0. The van der Waals surface area contributed by atoms with Gasteiger partial charge < -0.3 is 10.8 Å². The SMILES string of the molecule is Cl.Cl.N[C@H]1CCN(C(=O)O)[C@H]1c1ccccc1. The first kappa shape index (κ1) is 16.0. The predicted molar refractivity (Wildman–Crippen MR) is 71.0 cm³/mol. The number of likely N-dealkylation sites (tertiary alicyclic amines) is 1. The van der Waals surface area contributed by atoms with Crippen LogP contribution in [-0.2, 0) is 0 Å². The molecule has 1 amide bonds. The highest BCUT2D eigenvalue weighted by Crippen LogP contribution is 2.30. The van der Waals surface area contributed by atoms with E-state index in [2.05, 4.69) is 0 Å². The number of benzene rings is 1. The fourth-order valence-corrected chi connectivity index (χ4v) is 2.11. The minimum Gasteiger partial charge on any atom is -0.465 e. The van der Waals surface area contributed by atoms with Crippen LogP contribution in [0.1, 0.15) is 18.0 Å². The number of carbonyl (C=O) groups is 1. The van der Waals surface area contributed by atoms with E-state index in [0.717, 1.165) is 12.0 Å². The average molecular weight is 279 g/mol. The van der Waals surface area contributed by atoms with Crippen LogP contribution in [0.15, 0.2) is 30.3 Å². The normalized spacial score (nSPS) is 22.5. The Kier molecular flexibility index (Phi) is 6.31. The van der Waals surface area contributed by atoms with Crippen molar-refractivity contribution in [3.05, 3.63) is 35.9 Å². The number of hydrogen-bond donors (Lipinski definition) is 2. The molecule has 2 atom stereocenters. The Morgan fingerprint density at radius 1 is 1.29 bits per heavy atom. The maximum atomic E-state index is 11.0. The van der Waals surface area contributed by atoms with Gasteiger partial charge in [0.2, 0.25) is 0 Å². The summed E-state index contributed by atoms with van der Waals surface area (Å²) in [5, 5.41) is 9.03. The molecule has 3 N–H and O–H groups in total. The largest absolute Gasteiger partial charge is 0.465 e. The molecule has 96 valence electrons. The number of amides is 1. The third-order valence-corrected chi connectivity index (χ3v) is 2.83. The molecule has 0 aliphatic carbocycles. The Labute approximate surface area is 113 Å². The molecule has 17 heavy (non-hydrogen) atoms. The zero-order valence-corrected chi connectivity index (χ0v) is 10.8. The summed E-state index contributed by atoms with van der Waals surface area (Å²) >= 11 is 0. The molecule has 0 radical (unpaired) electrons. The van der Waals surface area contributed by atoms with Crippen molar-refractivity contribution in [2.75, 3.05) is 6.54 Å². The first-order chi connectivity index (χ1) is 7.20. The molecule has 4 nitrogen and oxygen atoms in total. The molecule has 1 aliphatic rings. The van der Waals surface area contributed by atoms with E-state index < -0.39 is 6.09 Å². The second-order valence-corrected chi connectivity index (χ2v) is 3.78. The Morgan fingerprint density at radius 3 is 2.41 bits per heavy atom. The van der Waals surface area contributed by atoms with E-state index in [4.69, 9.17) is 10.8 Å². The van der Waals surface area contributed by atoms with Gasteiger partial charge in [-0.1, -0.05) is 30.3 Å². The monoisotopic (exact) mass is 278 g/mol. The van der Waals surface area contributed by atoms with E-state index >= 15 is 0 Å². The first-order valence-corrected chi connectivity index (χ1v) is 5.00. The summed E-state index contributed by atoms with van der Waals surface area (Å²) < 4.78 is 0. The van der Waals surface area contributed by atoms with Gasteiger partial charge in [0, 0.05) is 12.6 Å². The maximum Gasteiger partial charge on any atom is 0.407 e. The minimum absolute atomic E-state index is 0. The summed E-state index contributed by atoms with van der Waals surface area (Å²) in [6.07, 6.45) is -0.164. The molecule has 6 heteroatoms. The van der Waals surface area contributed by atoms with Crippen LogP contribution < -0.4 is 5.73 Å². The molecule has 0 aromatic heterocycles. The van der Waals surface area contributed by atoms with Crippen molar-refractivity contribution >= 4 is 30.9 Å². The van der Waals surface area contributed by atoms with Gasteiger partial charge in [-0.05, 0) is 12.0 Å². The van der Waals surface area contributed by atoms with Gasteiger partial charge in [-0.15, -0.1) is 24.8 Å². The van der Waals surface area contributed by atoms with E-state index in [0.29, 0.717) is 6.54 Å². The highest BCUT2D eigenvalue weighted by Gasteiger charge is 2.35. The lowest BCUT2D eigenvalue weighted by atomic mass is 10.0. The van der Waals surface area contributed by atoms with Gasteiger partial charge in [0.15, 0.2) is 0 Å². The molecule has 1 aromatic carbocycles. The Hall–Kier alpha value is -0.970. The molecule has 0 bridgehead atoms. The average Bonchev–Trinajstić information content (AvgIpc) is 2.61. The Bertz CT molecular complexity index is 362. The van der Waals surface area contributed by atoms with Gasteiger partial charge in [-0.2, -0.15) is 0 Å². The highest BCUT2D eigenvalue weighted by atomic mass is 35.5.